The molecule has 6 atom stereocenters. The SMILES string of the molecule is Cc1ncsc1-c1ccc([C@H](C)NC(=O)[C@@H]2C[C@@H](O)CN2C(=O)[C@H](C(C)C)n2cc(OCCN3CCN(CCOc4cc(N5C6C=CC5CN(c5cc(-c7ccccc7O)nnc5N)C6)ccn4)CC3)cn2)cc1. The number of aliphatic hydroxyl groups excluding tert-OH is 1. The molecule has 6 aromatic rings. The van der Waals surface area contributed by atoms with Crippen molar-refractivity contribution in [2.24, 2.45) is 5.92 Å². The zero-order valence-corrected chi connectivity index (χ0v) is 43.1. The van der Waals surface area contributed by atoms with Crippen LogP contribution in [0.1, 0.15) is 50.5 Å². The number of hydrogen-bond donors (Lipinski definition) is 4. The molecule has 0 aliphatic carbocycles. The summed E-state index contributed by atoms with van der Waals surface area (Å²) in [5.74, 6) is 0.949. The number of amides is 2. The summed E-state index contributed by atoms with van der Waals surface area (Å²) in [6.07, 6.45) is 9.02. The Labute approximate surface area is 435 Å². The van der Waals surface area contributed by atoms with E-state index < -0.39 is 18.2 Å². The van der Waals surface area contributed by atoms with E-state index in [4.69, 9.17) is 15.2 Å². The van der Waals surface area contributed by atoms with Crippen molar-refractivity contribution in [3.05, 3.63) is 114 Å². The summed E-state index contributed by atoms with van der Waals surface area (Å²) in [6.45, 7) is 15.4. The lowest BCUT2D eigenvalue weighted by Gasteiger charge is -2.43. The number of hydrogen-bond acceptors (Lipinski definition) is 17. The van der Waals surface area contributed by atoms with Crippen LogP contribution in [0.3, 0.4) is 0 Å². The van der Waals surface area contributed by atoms with Crippen LogP contribution >= 0.6 is 11.3 Å². The average Bonchev–Trinajstić information content (AvgIpc) is 4.20. The molecule has 10 rings (SSSR count). The minimum absolute atomic E-state index is 0.0710. The molecule has 19 nitrogen and oxygen atoms in total. The predicted molar refractivity (Wildman–Crippen MR) is 284 cm³/mol. The van der Waals surface area contributed by atoms with Gasteiger partial charge in [-0.25, -0.2) is 9.97 Å². The molecule has 2 unspecified atom stereocenters. The van der Waals surface area contributed by atoms with Crippen LogP contribution in [0.4, 0.5) is 17.2 Å². The largest absolute Gasteiger partial charge is 0.507 e. The van der Waals surface area contributed by atoms with E-state index in [0.717, 1.165) is 72.3 Å². The Bertz CT molecular complexity index is 2930. The number of nitrogens with two attached hydrogens (primary N) is 1. The lowest BCUT2D eigenvalue weighted by molar-refractivity contribution is -0.142. The number of nitrogen functional groups attached to an aromatic ring is 1. The van der Waals surface area contributed by atoms with Crippen molar-refractivity contribution in [2.45, 2.75) is 70.4 Å². The van der Waals surface area contributed by atoms with Crippen LogP contribution < -0.4 is 30.3 Å². The number of aliphatic hydroxyl groups is 1. The highest BCUT2D eigenvalue weighted by molar-refractivity contribution is 7.13. The molecule has 20 heteroatoms. The first kappa shape index (κ1) is 50.4. The van der Waals surface area contributed by atoms with Gasteiger partial charge in [-0.05, 0) is 55.2 Å². The van der Waals surface area contributed by atoms with E-state index in [1.165, 1.54) is 4.90 Å². The number of likely N-dealkylation sites (tertiary alicyclic amines) is 1. The first-order valence-corrected chi connectivity index (χ1v) is 26.4. The standard InChI is InChI=1S/C54H65N13O6S/c1-34(2)50(54(71)65-31-42(68)26-47(65)53(70)59-35(3)37-9-11-38(12-10-37)51-36(4)57-33-74-51)66-32-43(28-58-66)72-23-21-62-17-19-63(20-18-62)22-24-73-49-25-39(15-16-56-49)67-40-13-14-41(67)30-64(29-40)46-27-45(60-61-52(46)55)44-7-5-6-8-48(44)69/h5-16,25,27-28,32-35,40-42,47,50,68-69H,17-24,26,29-31H2,1-4H3,(H2,55,61)(H,59,70)/t35-,40?,41?,42+,47-,50-/m0/s1. The van der Waals surface area contributed by atoms with E-state index in [0.29, 0.717) is 55.0 Å². The maximum atomic E-state index is 14.3. The number of phenolic OH excluding ortho intramolecular Hbond substituents is 1. The fraction of sp³-hybridized carbons (Fsp3) is 0.426. The van der Waals surface area contributed by atoms with Crippen molar-refractivity contribution in [3.8, 4) is 39.1 Å². The van der Waals surface area contributed by atoms with Crippen molar-refractivity contribution in [2.75, 3.05) is 87.7 Å². The van der Waals surface area contributed by atoms with Gasteiger partial charge in [0.15, 0.2) is 11.6 Å². The normalized spacial score (nSPS) is 20.8. The summed E-state index contributed by atoms with van der Waals surface area (Å²) in [5.41, 5.74) is 14.2. The average molecular weight is 1020 g/mol. The smallest absolute Gasteiger partial charge is 0.248 e. The van der Waals surface area contributed by atoms with Gasteiger partial charge in [-0.3, -0.25) is 24.1 Å². The van der Waals surface area contributed by atoms with Gasteiger partial charge in [-0.15, -0.1) is 21.5 Å². The maximum Gasteiger partial charge on any atom is 0.248 e. The summed E-state index contributed by atoms with van der Waals surface area (Å²) in [6, 6.07) is 19.5. The van der Waals surface area contributed by atoms with Crippen LogP contribution in [0.2, 0.25) is 0 Å². The van der Waals surface area contributed by atoms with Gasteiger partial charge in [0, 0.05) is 88.8 Å². The predicted octanol–water partition coefficient (Wildman–Crippen LogP) is 5.20. The number of para-hydroxylation sites is 1. The molecule has 4 aliphatic heterocycles. The first-order chi connectivity index (χ1) is 35.9. The molecule has 0 saturated carbocycles. The third-order valence-corrected chi connectivity index (χ3v) is 15.6. The van der Waals surface area contributed by atoms with Gasteiger partial charge >= 0.3 is 0 Å². The van der Waals surface area contributed by atoms with Crippen molar-refractivity contribution in [3.63, 3.8) is 0 Å². The number of thiazole rings is 1. The number of fused-ring (bicyclic) bond motifs is 2. The number of ether oxygens (including phenoxy) is 2. The van der Waals surface area contributed by atoms with Gasteiger partial charge in [0.2, 0.25) is 17.7 Å². The second-order valence-corrected chi connectivity index (χ2v) is 20.8. The number of phenols is 1. The number of aromatic nitrogens is 6. The zero-order chi connectivity index (χ0) is 51.5. The molecule has 2 bridgehead atoms. The molecule has 5 N–H and O–H groups in total. The number of carbonyl (C=O) groups excluding carboxylic acids is 2. The molecule has 4 aliphatic rings. The van der Waals surface area contributed by atoms with Crippen molar-refractivity contribution in [1.29, 1.82) is 0 Å². The Morgan fingerprint density at radius 3 is 2.30 bits per heavy atom. The number of nitrogens with one attached hydrogen (secondary N) is 1. The summed E-state index contributed by atoms with van der Waals surface area (Å²) >= 11 is 1.59. The molecule has 2 amide bonds. The van der Waals surface area contributed by atoms with E-state index in [-0.39, 0.29) is 54.6 Å². The quantitative estimate of drug-likeness (QED) is 0.0814. The minimum Gasteiger partial charge on any atom is -0.507 e. The number of benzene rings is 2. The highest BCUT2D eigenvalue weighted by Crippen LogP contribution is 2.37. The number of aryl methyl sites for hydroxylation is 1. The number of piperazine rings is 2. The van der Waals surface area contributed by atoms with Crippen LogP contribution in [0.5, 0.6) is 17.4 Å². The number of β-amino-alcohol motifs (C(OH)–C–C–N with tert-alkyl or cyclic N) is 1. The molecule has 388 valence electrons. The topological polar surface area (TPSA) is 217 Å². The van der Waals surface area contributed by atoms with E-state index in [1.54, 1.807) is 46.7 Å². The number of nitrogens with zero attached hydrogens (tertiary/aromatic N) is 11. The molecule has 4 aromatic heterocycles. The molecule has 3 saturated heterocycles. The van der Waals surface area contributed by atoms with Crippen LogP contribution in [0, 0.1) is 12.8 Å². The Morgan fingerprint density at radius 1 is 0.892 bits per heavy atom. The van der Waals surface area contributed by atoms with Gasteiger partial charge in [0.1, 0.15) is 31.0 Å². The van der Waals surface area contributed by atoms with E-state index in [9.17, 15) is 19.8 Å². The van der Waals surface area contributed by atoms with E-state index >= 15 is 0 Å². The zero-order valence-electron chi connectivity index (χ0n) is 42.3. The molecule has 2 aromatic carbocycles. The monoisotopic (exact) mass is 1020 g/mol. The lowest BCUT2D eigenvalue weighted by Crippen LogP contribution is -2.55. The van der Waals surface area contributed by atoms with Crippen LogP contribution in [-0.2, 0) is 9.59 Å². The Kier molecular flexibility index (Phi) is 15.1. The van der Waals surface area contributed by atoms with Gasteiger partial charge in [-0.1, -0.05) is 62.4 Å². The molecule has 0 radical (unpaired) electrons. The first-order valence-electron chi connectivity index (χ1n) is 25.5. The van der Waals surface area contributed by atoms with Crippen LogP contribution in [-0.4, -0.2) is 163 Å². The maximum absolute atomic E-state index is 14.3. The molecular formula is C54H65N13O6S. The lowest BCUT2D eigenvalue weighted by atomic mass is 10.0. The summed E-state index contributed by atoms with van der Waals surface area (Å²) < 4.78 is 14.0. The number of carbonyl (C=O) groups is 2. The van der Waals surface area contributed by atoms with Crippen LogP contribution in [0.25, 0.3) is 21.7 Å². The minimum atomic E-state index is -0.812. The van der Waals surface area contributed by atoms with Gasteiger partial charge in [-0.2, -0.15) is 5.10 Å². The Hall–Kier alpha value is -7.13. The fourth-order valence-electron chi connectivity index (χ4n) is 10.6. The Morgan fingerprint density at radius 2 is 1.61 bits per heavy atom. The molecule has 0 spiro atoms. The molecular weight excluding hydrogens is 959 g/mol. The molecule has 3 fully saturated rings. The summed E-state index contributed by atoms with van der Waals surface area (Å²) in [7, 11) is 0. The second kappa shape index (κ2) is 22.1. The van der Waals surface area contributed by atoms with Crippen LogP contribution in [0.15, 0.2) is 103 Å². The highest BCUT2D eigenvalue weighted by Gasteiger charge is 2.43. The summed E-state index contributed by atoms with van der Waals surface area (Å²) in [4.78, 5) is 49.0. The number of anilines is 3. The fourth-order valence-corrected chi connectivity index (χ4v) is 11.4. The van der Waals surface area contributed by atoms with E-state index in [1.807, 2.05) is 87.8 Å². The van der Waals surface area contributed by atoms with Crippen molar-refractivity contribution in [1.82, 2.24) is 50.0 Å². The number of pyridine rings is 1. The summed E-state index contributed by atoms with van der Waals surface area (Å²) in [5, 5.41) is 37.3. The Balaban J connectivity index is 0.655. The number of aromatic hydroxyl groups is 1. The molecule has 74 heavy (non-hydrogen) atoms. The van der Waals surface area contributed by atoms with Crippen molar-refractivity contribution < 1.29 is 29.3 Å². The molecule has 8 heterocycles. The highest BCUT2D eigenvalue weighted by atomic mass is 32.1. The van der Waals surface area contributed by atoms with Gasteiger partial charge in [0.25, 0.3) is 0 Å². The third kappa shape index (κ3) is 11.0. The van der Waals surface area contributed by atoms with Crippen molar-refractivity contribution >= 4 is 40.3 Å². The third-order valence-electron chi connectivity index (χ3n) is 14.6. The van der Waals surface area contributed by atoms with Gasteiger partial charge < -0.3 is 45.4 Å². The van der Waals surface area contributed by atoms with E-state index in [2.05, 4.69) is 62.3 Å². The number of rotatable bonds is 18. The second-order valence-electron chi connectivity index (χ2n) is 19.9. The van der Waals surface area contributed by atoms with Gasteiger partial charge in [0.05, 0.1) is 64.1 Å².